The molecule has 1 aliphatic heterocycles. The Hall–Kier alpha value is -2.62. The lowest BCUT2D eigenvalue weighted by atomic mass is 10.0. The van der Waals surface area contributed by atoms with Crippen LogP contribution in [0.15, 0.2) is 78.9 Å². The number of carbonyl (C=O) groups is 1. The molecule has 3 aromatic carbocycles. The van der Waals surface area contributed by atoms with Crippen molar-refractivity contribution in [1.29, 1.82) is 0 Å². The molecule has 1 heterocycles. The van der Waals surface area contributed by atoms with Crippen LogP contribution < -0.4 is 0 Å². The van der Waals surface area contributed by atoms with Gasteiger partial charge in [0.15, 0.2) is 6.23 Å². The third kappa shape index (κ3) is 3.36. The van der Waals surface area contributed by atoms with Crippen LogP contribution >= 0.6 is 11.6 Å². The minimum Gasteiger partial charge on any atom is -0.369 e. The molecule has 1 amide bonds. The molecule has 1 aliphatic rings. The Morgan fingerprint density at radius 1 is 0.889 bits per heavy atom. The van der Waals surface area contributed by atoms with E-state index in [0.717, 1.165) is 11.1 Å². The number of nitrogens with zero attached hydrogens (tertiary/aromatic N) is 1. The third-order valence-corrected chi connectivity index (χ3v) is 5.43. The van der Waals surface area contributed by atoms with Gasteiger partial charge in [0.1, 0.15) is 0 Å². The van der Waals surface area contributed by atoms with Crippen molar-refractivity contribution >= 4 is 17.5 Å². The number of aliphatic hydroxyl groups excluding tert-OH is 1. The van der Waals surface area contributed by atoms with Gasteiger partial charge >= 0.3 is 0 Å². The van der Waals surface area contributed by atoms with Gasteiger partial charge in [-0.15, -0.1) is 11.6 Å². The predicted octanol–water partition coefficient (Wildman–Crippen LogP) is 4.65. The fourth-order valence-electron chi connectivity index (χ4n) is 3.65. The molecule has 1 N–H and O–H groups in total. The first-order valence-corrected chi connectivity index (χ1v) is 9.52. The summed E-state index contributed by atoms with van der Waals surface area (Å²) < 4.78 is 0. The number of amides is 1. The van der Waals surface area contributed by atoms with Crippen LogP contribution in [-0.4, -0.2) is 27.8 Å². The van der Waals surface area contributed by atoms with Gasteiger partial charge in [0.05, 0.1) is 6.04 Å². The Bertz CT molecular complexity index is 940. The van der Waals surface area contributed by atoms with Crippen LogP contribution in [0.2, 0.25) is 0 Å². The fourth-order valence-corrected chi connectivity index (χ4v) is 3.90. The topological polar surface area (TPSA) is 40.5 Å². The van der Waals surface area contributed by atoms with E-state index in [1.165, 1.54) is 10.5 Å². The molecular formula is C23H20ClNO2. The summed E-state index contributed by atoms with van der Waals surface area (Å²) in [6.45, 7) is 0. The zero-order valence-corrected chi connectivity index (χ0v) is 15.5. The second kappa shape index (κ2) is 7.55. The van der Waals surface area contributed by atoms with Gasteiger partial charge < -0.3 is 10.0 Å². The number of carbonyl (C=O) groups excluding carboxylic acids is 1. The quantitative estimate of drug-likeness (QED) is 0.657. The second-order valence-electron chi connectivity index (χ2n) is 6.75. The summed E-state index contributed by atoms with van der Waals surface area (Å²) >= 11 is 6.19. The number of aliphatic hydroxyl groups is 1. The number of hydrogen-bond acceptors (Lipinski definition) is 2. The first-order valence-electron chi connectivity index (χ1n) is 8.99. The smallest absolute Gasteiger partial charge is 0.256 e. The number of benzene rings is 3. The molecule has 4 rings (SSSR count). The van der Waals surface area contributed by atoms with Crippen molar-refractivity contribution in [1.82, 2.24) is 4.90 Å². The summed E-state index contributed by atoms with van der Waals surface area (Å²) in [5.41, 5.74) is 4.60. The van der Waals surface area contributed by atoms with Gasteiger partial charge in [-0.2, -0.15) is 0 Å². The standard InChI is InChI=1S/C23H20ClNO2/c24-15-19(25-22(26)20-8-4-5-9-21(20)23(25)27)14-16-10-12-18(13-11-16)17-6-2-1-3-7-17/h1-13,19,22,26H,14-15H2/t19-,22?/m1/s1. The Labute approximate surface area is 163 Å². The number of alkyl halides is 1. The second-order valence-corrected chi connectivity index (χ2v) is 7.06. The molecule has 0 spiro atoms. The first kappa shape index (κ1) is 17.8. The number of halogens is 1. The Kier molecular flexibility index (Phi) is 4.97. The molecule has 0 saturated carbocycles. The van der Waals surface area contributed by atoms with Crippen molar-refractivity contribution in [2.24, 2.45) is 0 Å². The minimum absolute atomic E-state index is 0.162. The van der Waals surface area contributed by atoms with E-state index in [9.17, 15) is 9.90 Å². The molecule has 0 saturated heterocycles. The summed E-state index contributed by atoms with van der Waals surface area (Å²) in [7, 11) is 0. The van der Waals surface area contributed by atoms with Crippen molar-refractivity contribution in [3.8, 4) is 11.1 Å². The highest BCUT2D eigenvalue weighted by Crippen LogP contribution is 2.34. The number of rotatable bonds is 5. The lowest BCUT2D eigenvalue weighted by Gasteiger charge is -2.29. The monoisotopic (exact) mass is 377 g/mol. The van der Waals surface area contributed by atoms with Crippen LogP contribution in [-0.2, 0) is 6.42 Å². The van der Waals surface area contributed by atoms with Crippen molar-refractivity contribution in [2.75, 3.05) is 5.88 Å². The van der Waals surface area contributed by atoms with E-state index in [2.05, 4.69) is 36.4 Å². The maximum Gasteiger partial charge on any atom is 0.256 e. The average molecular weight is 378 g/mol. The van der Waals surface area contributed by atoms with Crippen LogP contribution in [0.25, 0.3) is 11.1 Å². The zero-order chi connectivity index (χ0) is 18.8. The SMILES string of the molecule is O=C1c2ccccc2C(O)N1[C@@H](CCl)Cc1ccc(-c2ccccc2)cc1. The van der Waals surface area contributed by atoms with Gasteiger partial charge in [0.25, 0.3) is 5.91 Å². The Balaban J connectivity index is 1.54. The van der Waals surface area contributed by atoms with E-state index >= 15 is 0 Å². The largest absolute Gasteiger partial charge is 0.369 e. The molecular weight excluding hydrogens is 358 g/mol. The van der Waals surface area contributed by atoms with Crippen molar-refractivity contribution in [3.63, 3.8) is 0 Å². The lowest BCUT2D eigenvalue weighted by Crippen LogP contribution is -2.41. The molecule has 3 nitrogen and oxygen atoms in total. The first-order chi connectivity index (χ1) is 13.2. The van der Waals surface area contributed by atoms with Gasteiger partial charge in [0, 0.05) is 17.0 Å². The highest BCUT2D eigenvalue weighted by molar-refractivity contribution is 6.18. The van der Waals surface area contributed by atoms with E-state index in [1.807, 2.05) is 30.3 Å². The molecule has 0 radical (unpaired) electrons. The van der Waals surface area contributed by atoms with Gasteiger partial charge in [-0.05, 0) is 29.2 Å². The number of hydrogen-bond donors (Lipinski definition) is 1. The average Bonchev–Trinajstić information content (AvgIpc) is 2.98. The van der Waals surface area contributed by atoms with Gasteiger partial charge in [0.2, 0.25) is 0 Å². The molecule has 0 aromatic heterocycles. The summed E-state index contributed by atoms with van der Waals surface area (Å²) in [5, 5.41) is 10.6. The van der Waals surface area contributed by atoms with Crippen molar-refractivity contribution in [3.05, 3.63) is 95.6 Å². The van der Waals surface area contributed by atoms with Crippen molar-refractivity contribution < 1.29 is 9.90 Å². The molecule has 4 heteroatoms. The van der Waals surface area contributed by atoms with E-state index in [1.54, 1.807) is 12.1 Å². The Morgan fingerprint density at radius 3 is 2.19 bits per heavy atom. The molecule has 0 fully saturated rings. The maximum absolute atomic E-state index is 12.7. The molecule has 3 aromatic rings. The van der Waals surface area contributed by atoms with E-state index in [4.69, 9.17) is 11.6 Å². The van der Waals surface area contributed by atoms with E-state index in [-0.39, 0.29) is 17.8 Å². The molecule has 27 heavy (non-hydrogen) atoms. The fraction of sp³-hybridized carbons (Fsp3) is 0.174. The summed E-state index contributed by atoms with van der Waals surface area (Å²) in [4.78, 5) is 14.2. The van der Waals surface area contributed by atoms with Crippen LogP contribution in [0.1, 0.15) is 27.7 Å². The van der Waals surface area contributed by atoms with Gasteiger partial charge in [-0.25, -0.2) is 0 Å². The third-order valence-electron chi connectivity index (χ3n) is 5.07. The molecule has 1 unspecified atom stereocenters. The predicted molar refractivity (Wildman–Crippen MR) is 108 cm³/mol. The van der Waals surface area contributed by atoms with Crippen molar-refractivity contribution in [2.45, 2.75) is 18.7 Å². The number of fused-ring (bicyclic) bond motifs is 1. The highest BCUT2D eigenvalue weighted by atomic mass is 35.5. The molecule has 0 aliphatic carbocycles. The van der Waals surface area contributed by atoms with E-state index in [0.29, 0.717) is 17.5 Å². The molecule has 0 bridgehead atoms. The summed E-state index contributed by atoms with van der Waals surface area (Å²) in [6.07, 6.45) is -0.351. The Morgan fingerprint density at radius 2 is 1.52 bits per heavy atom. The summed E-state index contributed by atoms with van der Waals surface area (Å²) in [5.74, 6) is 0.0988. The van der Waals surface area contributed by atoms with Crippen LogP contribution in [0.5, 0.6) is 0 Å². The minimum atomic E-state index is -0.943. The van der Waals surface area contributed by atoms with Crippen LogP contribution in [0, 0.1) is 0 Å². The van der Waals surface area contributed by atoms with Crippen LogP contribution in [0.4, 0.5) is 0 Å². The zero-order valence-electron chi connectivity index (χ0n) is 14.8. The molecule has 2 atom stereocenters. The lowest BCUT2D eigenvalue weighted by molar-refractivity contribution is 0.00103. The molecule has 136 valence electrons. The van der Waals surface area contributed by atoms with Gasteiger partial charge in [-0.1, -0.05) is 72.8 Å². The van der Waals surface area contributed by atoms with E-state index < -0.39 is 6.23 Å². The highest BCUT2D eigenvalue weighted by Gasteiger charge is 2.39. The summed E-state index contributed by atoms with van der Waals surface area (Å²) in [6, 6.07) is 25.4. The maximum atomic E-state index is 12.7. The van der Waals surface area contributed by atoms with Crippen LogP contribution in [0.3, 0.4) is 0 Å². The normalized spacial score (nSPS) is 17.0. The van der Waals surface area contributed by atoms with Gasteiger partial charge in [-0.3, -0.25) is 4.79 Å².